The fraction of sp³-hybridized carbons (Fsp3) is 0.455. The number of carboxylic acid groups (broad SMARTS) is 1. The van der Waals surface area contributed by atoms with Crippen LogP contribution in [0.4, 0.5) is 13.2 Å². The first-order chi connectivity index (χ1) is 16.1. The van der Waals surface area contributed by atoms with E-state index in [4.69, 9.17) is 4.74 Å². The van der Waals surface area contributed by atoms with Crippen LogP contribution in [0.2, 0.25) is 0 Å². The Hall–Kier alpha value is -3.57. The van der Waals surface area contributed by atoms with Crippen molar-refractivity contribution in [2.24, 2.45) is 0 Å². The zero-order chi connectivity index (χ0) is 24.7. The second-order valence-electron chi connectivity index (χ2n) is 8.40. The first-order valence-electron chi connectivity index (χ1n) is 10.7. The van der Waals surface area contributed by atoms with Gasteiger partial charge in [-0.25, -0.2) is 9.48 Å². The number of nitrogens with one attached hydrogen (secondary N) is 1. The number of hydrogen-bond acceptors (Lipinski definition) is 5. The number of fused-ring (bicyclic) bond motifs is 1. The van der Waals surface area contributed by atoms with Gasteiger partial charge >= 0.3 is 12.1 Å². The van der Waals surface area contributed by atoms with Crippen molar-refractivity contribution in [2.75, 3.05) is 20.2 Å². The van der Waals surface area contributed by atoms with E-state index in [0.29, 0.717) is 18.6 Å². The summed E-state index contributed by atoms with van der Waals surface area (Å²) < 4.78 is 47.0. The van der Waals surface area contributed by atoms with Crippen molar-refractivity contribution < 1.29 is 37.4 Å². The van der Waals surface area contributed by atoms with Gasteiger partial charge in [0.25, 0.3) is 5.91 Å². The lowest BCUT2D eigenvalue weighted by atomic mass is 9.97. The molecule has 1 saturated carbocycles. The molecule has 2 aromatic rings. The van der Waals surface area contributed by atoms with Crippen molar-refractivity contribution in [3.05, 3.63) is 41.2 Å². The topological polar surface area (TPSA) is 114 Å². The maximum atomic E-state index is 13.7. The fourth-order valence-electron chi connectivity index (χ4n) is 4.54. The maximum Gasteiger partial charge on any atom is 0.435 e. The number of nitrogens with zero attached hydrogens (tertiary/aromatic N) is 3. The minimum Gasteiger partial charge on any atom is -0.497 e. The van der Waals surface area contributed by atoms with Crippen molar-refractivity contribution in [3.8, 4) is 11.4 Å². The van der Waals surface area contributed by atoms with Crippen LogP contribution in [0.5, 0.6) is 5.75 Å². The van der Waals surface area contributed by atoms with Gasteiger partial charge in [-0.1, -0.05) is 12.8 Å². The van der Waals surface area contributed by atoms with Gasteiger partial charge < -0.3 is 20.1 Å². The highest BCUT2D eigenvalue weighted by Gasteiger charge is 2.45. The van der Waals surface area contributed by atoms with E-state index in [1.165, 1.54) is 31.4 Å². The third kappa shape index (κ3) is 4.19. The van der Waals surface area contributed by atoms with Crippen LogP contribution in [-0.4, -0.2) is 63.3 Å². The molecule has 9 nitrogen and oxygen atoms in total. The number of amides is 2. The van der Waals surface area contributed by atoms with E-state index in [1.807, 2.05) is 0 Å². The Labute approximate surface area is 192 Å². The molecular weight excluding hydrogens is 457 g/mol. The van der Waals surface area contributed by atoms with Crippen molar-refractivity contribution in [1.82, 2.24) is 20.0 Å². The molecule has 0 radical (unpaired) electrons. The molecule has 2 amide bonds. The molecule has 0 atom stereocenters. The number of ether oxygens (including phenoxy) is 1. The van der Waals surface area contributed by atoms with Crippen LogP contribution in [0.1, 0.15) is 47.4 Å². The molecule has 0 bridgehead atoms. The number of aliphatic carboxylic acids is 1. The van der Waals surface area contributed by atoms with Gasteiger partial charge in [0.05, 0.1) is 19.3 Å². The van der Waals surface area contributed by atoms with Crippen LogP contribution in [0.3, 0.4) is 0 Å². The van der Waals surface area contributed by atoms with Gasteiger partial charge in [-0.15, -0.1) is 0 Å². The summed E-state index contributed by atoms with van der Waals surface area (Å²) in [7, 11) is 1.44. The Bertz CT molecular complexity index is 1120. The fourth-order valence-corrected chi connectivity index (χ4v) is 4.54. The third-order valence-electron chi connectivity index (χ3n) is 6.27. The number of rotatable bonds is 6. The van der Waals surface area contributed by atoms with E-state index < -0.39 is 41.7 Å². The lowest BCUT2D eigenvalue weighted by Gasteiger charge is -2.30. The molecule has 0 spiro atoms. The van der Waals surface area contributed by atoms with Crippen molar-refractivity contribution >= 4 is 17.8 Å². The minimum absolute atomic E-state index is 0.128. The summed E-state index contributed by atoms with van der Waals surface area (Å²) in [6, 6.07) is 6.01. The smallest absolute Gasteiger partial charge is 0.435 e. The summed E-state index contributed by atoms with van der Waals surface area (Å²) in [5, 5.41) is 15.8. The Morgan fingerprint density at radius 1 is 1.21 bits per heavy atom. The average molecular weight is 480 g/mol. The molecule has 0 unspecified atom stereocenters. The standard InChI is InChI=1S/C22H23F3N4O5/c1-34-14-6-4-13(5-7-14)29-17-15(18(27-29)22(23,24)25)8-11-28(19(17)31)12-16(30)26-21(20(32)33)9-2-3-10-21/h4-7H,2-3,8-12H2,1H3,(H,26,30)(H,32,33). The highest BCUT2D eigenvalue weighted by atomic mass is 19.4. The lowest BCUT2D eigenvalue weighted by molar-refractivity contribution is -0.147. The monoisotopic (exact) mass is 480 g/mol. The first kappa shape index (κ1) is 23.6. The van der Waals surface area contributed by atoms with Crippen LogP contribution < -0.4 is 10.1 Å². The second kappa shape index (κ2) is 8.65. The summed E-state index contributed by atoms with van der Waals surface area (Å²) in [5.74, 6) is -2.12. The van der Waals surface area contributed by atoms with Gasteiger partial charge in [0, 0.05) is 12.1 Å². The summed E-state index contributed by atoms with van der Waals surface area (Å²) in [4.78, 5) is 38.7. The van der Waals surface area contributed by atoms with Crippen LogP contribution in [0.15, 0.2) is 24.3 Å². The molecule has 0 saturated heterocycles. The number of aromatic nitrogens is 2. The van der Waals surface area contributed by atoms with Crippen molar-refractivity contribution in [3.63, 3.8) is 0 Å². The van der Waals surface area contributed by atoms with Gasteiger partial charge in [-0.05, 0) is 43.5 Å². The molecule has 1 aliphatic heterocycles. The molecule has 2 aliphatic rings. The number of carbonyl (C=O) groups excluding carboxylic acids is 2. The number of alkyl halides is 3. The predicted molar refractivity (Wildman–Crippen MR) is 112 cm³/mol. The molecule has 34 heavy (non-hydrogen) atoms. The first-order valence-corrected chi connectivity index (χ1v) is 10.7. The molecule has 12 heteroatoms. The van der Waals surface area contributed by atoms with Gasteiger partial charge in [-0.3, -0.25) is 9.59 Å². The van der Waals surface area contributed by atoms with Crippen LogP contribution in [0.25, 0.3) is 5.69 Å². The molecule has 2 heterocycles. The molecule has 1 aliphatic carbocycles. The summed E-state index contributed by atoms with van der Waals surface area (Å²) in [5.41, 5.74) is -2.81. The van der Waals surface area contributed by atoms with Gasteiger partial charge in [0.2, 0.25) is 5.91 Å². The number of carboxylic acids is 1. The third-order valence-corrected chi connectivity index (χ3v) is 6.27. The molecular formula is C22H23F3N4O5. The zero-order valence-electron chi connectivity index (χ0n) is 18.3. The average Bonchev–Trinajstić information content (AvgIpc) is 3.42. The zero-order valence-corrected chi connectivity index (χ0v) is 18.3. The van der Waals surface area contributed by atoms with Crippen molar-refractivity contribution in [2.45, 2.75) is 43.8 Å². The summed E-state index contributed by atoms with van der Waals surface area (Å²) in [6.07, 6.45) is -3.04. The van der Waals surface area contributed by atoms with Crippen LogP contribution >= 0.6 is 0 Å². The highest BCUT2D eigenvalue weighted by Crippen LogP contribution is 2.36. The van der Waals surface area contributed by atoms with Gasteiger partial charge in [0.1, 0.15) is 17.0 Å². The molecule has 1 fully saturated rings. The molecule has 2 N–H and O–H groups in total. The Morgan fingerprint density at radius 2 is 1.85 bits per heavy atom. The van der Waals surface area contributed by atoms with E-state index >= 15 is 0 Å². The molecule has 4 rings (SSSR count). The number of methoxy groups -OCH3 is 1. The Kier molecular flexibility index (Phi) is 6.00. The quantitative estimate of drug-likeness (QED) is 0.657. The maximum absolute atomic E-state index is 13.7. The Balaban J connectivity index is 1.63. The second-order valence-corrected chi connectivity index (χ2v) is 8.40. The van der Waals surface area contributed by atoms with Crippen molar-refractivity contribution in [1.29, 1.82) is 0 Å². The van der Waals surface area contributed by atoms with E-state index in [0.717, 1.165) is 9.58 Å². The van der Waals surface area contributed by atoms with E-state index in [9.17, 15) is 32.7 Å². The minimum atomic E-state index is -4.77. The van der Waals surface area contributed by atoms with E-state index in [2.05, 4.69) is 10.4 Å². The van der Waals surface area contributed by atoms with E-state index in [1.54, 1.807) is 0 Å². The molecule has 1 aromatic heterocycles. The molecule has 1 aromatic carbocycles. The number of carbonyl (C=O) groups is 3. The number of hydrogen-bond donors (Lipinski definition) is 2. The normalized spacial score (nSPS) is 17.4. The van der Waals surface area contributed by atoms with E-state index in [-0.39, 0.29) is 42.8 Å². The largest absolute Gasteiger partial charge is 0.497 e. The Morgan fingerprint density at radius 3 is 2.41 bits per heavy atom. The number of halogens is 3. The lowest BCUT2D eigenvalue weighted by Crippen LogP contribution is -2.55. The van der Waals surface area contributed by atoms with Crippen LogP contribution in [0, 0.1) is 0 Å². The summed E-state index contributed by atoms with van der Waals surface area (Å²) in [6.45, 7) is -0.598. The summed E-state index contributed by atoms with van der Waals surface area (Å²) >= 11 is 0. The highest BCUT2D eigenvalue weighted by molar-refractivity contribution is 5.98. The SMILES string of the molecule is COc1ccc(-n2nc(C(F)(F)F)c3c2C(=O)N(CC(=O)NC2(C(=O)O)CCCC2)CC3)cc1. The molecule has 182 valence electrons. The number of benzene rings is 1. The predicted octanol–water partition coefficient (Wildman–Crippen LogP) is 2.41. The van der Waals surface area contributed by atoms with Crippen LogP contribution in [-0.2, 0) is 22.2 Å². The van der Waals surface area contributed by atoms with Gasteiger partial charge in [-0.2, -0.15) is 18.3 Å². The van der Waals surface area contributed by atoms with Gasteiger partial charge in [0.15, 0.2) is 5.69 Å².